The van der Waals surface area contributed by atoms with Gasteiger partial charge in [-0.2, -0.15) is 0 Å². The van der Waals surface area contributed by atoms with Crippen molar-refractivity contribution in [3.8, 4) is 0 Å². The maximum absolute atomic E-state index is 13.2. The summed E-state index contributed by atoms with van der Waals surface area (Å²) < 4.78 is 0. The van der Waals surface area contributed by atoms with E-state index in [1.54, 1.807) is 0 Å². The van der Waals surface area contributed by atoms with E-state index in [4.69, 9.17) is 11.6 Å². The van der Waals surface area contributed by atoms with Gasteiger partial charge >= 0.3 is 0 Å². The van der Waals surface area contributed by atoms with Crippen LogP contribution in [0.3, 0.4) is 0 Å². The van der Waals surface area contributed by atoms with Crippen LogP contribution in [-0.2, 0) is 4.79 Å². The Hall–Kier alpha value is -2.52. The lowest BCUT2D eigenvalue weighted by Crippen LogP contribution is -2.45. The first-order valence-electron chi connectivity index (χ1n) is 9.32. The number of aromatic nitrogens is 1. The highest BCUT2D eigenvalue weighted by Gasteiger charge is 2.29. The number of nitrogens with zero attached hydrogens (tertiary/aromatic N) is 3. The zero-order valence-corrected chi connectivity index (χ0v) is 17.5. The topological polar surface area (TPSA) is 105 Å². The molecule has 1 aromatic carbocycles. The van der Waals surface area contributed by atoms with Crippen molar-refractivity contribution in [2.75, 3.05) is 11.9 Å². The molecule has 0 bridgehead atoms. The van der Waals surface area contributed by atoms with Crippen LogP contribution in [0.5, 0.6) is 0 Å². The van der Waals surface area contributed by atoms with Gasteiger partial charge in [-0.1, -0.05) is 30.9 Å². The van der Waals surface area contributed by atoms with Crippen LogP contribution in [0.25, 0.3) is 0 Å². The van der Waals surface area contributed by atoms with E-state index in [1.165, 1.54) is 34.4 Å². The van der Waals surface area contributed by atoms with Gasteiger partial charge in [0.05, 0.1) is 10.6 Å². The maximum Gasteiger partial charge on any atom is 0.288 e. The van der Waals surface area contributed by atoms with Crippen molar-refractivity contribution < 1.29 is 14.5 Å². The molecule has 0 spiro atoms. The third kappa shape index (κ3) is 5.30. The SMILES string of the molecule is Cc1csc(NC(=O)CN(C(=O)c2ccc(Cl)c([N+](=O)[O-])c2)C2CCCCC2)n1. The van der Waals surface area contributed by atoms with Gasteiger partial charge in [0.1, 0.15) is 11.6 Å². The summed E-state index contributed by atoms with van der Waals surface area (Å²) >= 11 is 7.18. The molecule has 1 N–H and O–H groups in total. The van der Waals surface area contributed by atoms with Crippen LogP contribution in [0.15, 0.2) is 23.6 Å². The Morgan fingerprint density at radius 1 is 1.34 bits per heavy atom. The molecule has 154 valence electrons. The molecule has 0 unspecified atom stereocenters. The molecule has 1 fully saturated rings. The minimum absolute atomic E-state index is 0.0346. The minimum atomic E-state index is -0.623. The molecule has 10 heteroatoms. The number of carbonyl (C=O) groups excluding carboxylic acids is 2. The first-order valence-corrected chi connectivity index (χ1v) is 10.6. The number of amides is 2. The van der Waals surface area contributed by atoms with Gasteiger partial charge in [-0.25, -0.2) is 4.98 Å². The molecule has 0 saturated heterocycles. The average Bonchev–Trinajstić information content (AvgIpc) is 3.11. The zero-order valence-electron chi connectivity index (χ0n) is 15.9. The van der Waals surface area contributed by atoms with Gasteiger partial charge in [0.2, 0.25) is 5.91 Å². The smallest absolute Gasteiger partial charge is 0.288 e. The number of aryl methyl sites for hydroxylation is 1. The predicted molar refractivity (Wildman–Crippen MR) is 111 cm³/mol. The van der Waals surface area contributed by atoms with Crippen molar-refractivity contribution >= 4 is 45.6 Å². The highest BCUT2D eigenvalue weighted by molar-refractivity contribution is 7.13. The predicted octanol–water partition coefficient (Wildman–Crippen LogP) is 4.43. The highest BCUT2D eigenvalue weighted by atomic mass is 35.5. The fourth-order valence-electron chi connectivity index (χ4n) is 3.44. The molecule has 0 aliphatic heterocycles. The molecule has 1 saturated carbocycles. The molecule has 0 radical (unpaired) electrons. The summed E-state index contributed by atoms with van der Waals surface area (Å²) in [4.78, 5) is 42.0. The largest absolute Gasteiger partial charge is 0.326 e. The third-order valence-electron chi connectivity index (χ3n) is 4.85. The number of nitrogens with one attached hydrogen (secondary N) is 1. The molecule has 29 heavy (non-hydrogen) atoms. The summed E-state index contributed by atoms with van der Waals surface area (Å²) in [5.74, 6) is -0.760. The van der Waals surface area contributed by atoms with Crippen LogP contribution in [0.4, 0.5) is 10.8 Å². The number of hydrogen-bond acceptors (Lipinski definition) is 6. The lowest BCUT2D eigenvalue weighted by atomic mass is 9.93. The molecular formula is C19H21ClN4O4S. The van der Waals surface area contributed by atoms with Gasteiger partial charge < -0.3 is 10.2 Å². The van der Waals surface area contributed by atoms with Gasteiger partial charge in [0.15, 0.2) is 5.13 Å². The van der Waals surface area contributed by atoms with Crippen LogP contribution in [0, 0.1) is 17.0 Å². The first-order chi connectivity index (χ1) is 13.8. The van der Waals surface area contributed by atoms with E-state index >= 15 is 0 Å². The van der Waals surface area contributed by atoms with Gasteiger partial charge in [-0.15, -0.1) is 11.3 Å². The summed E-state index contributed by atoms with van der Waals surface area (Å²) in [6, 6.07) is 3.87. The molecule has 2 amide bonds. The molecule has 2 aromatic rings. The summed E-state index contributed by atoms with van der Waals surface area (Å²) in [5, 5.41) is 16.2. The monoisotopic (exact) mass is 436 g/mol. The van der Waals surface area contributed by atoms with Gasteiger partial charge in [-0.05, 0) is 31.9 Å². The van der Waals surface area contributed by atoms with Gasteiger partial charge in [0.25, 0.3) is 11.6 Å². The Balaban J connectivity index is 1.82. The van der Waals surface area contributed by atoms with E-state index in [2.05, 4.69) is 10.3 Å². The number of nitro benzene ring substituents is 1. The summed E-state index contributed by atoms with van der Waals surface area (Å²) in [5.41, 5.74) is 0.618. The molecule has 8 nitrogen and oxygen atoms in total. The molecule has 1 aromatic heterocycles. The Morgan fingerprint density at radius 3 is 2.69 bits per heavy atom. The fourth-order valence-corrected chi connectivity index (χ4v) is 4.33. The van der Waals surface area contributed by atoms with E-state index in [0.717, 1.165) is 37.8 Å². The maximum atomic E-state index is 13.2. The lowest BCUT2D eigenvalue weighted by molar-refractivity contribution is -0.384. The summed E-state index contributed by atoms with van der Waals surface area (Å²) in [6.07, 6.45) is 4.64. The normalized spacial score (nSPS) is 14.4. The second-order valence-electron chi connectivity index (χ2n) is 6.99. The van der Waals surface area contributed by atoms with Gasteiger partial charge in [0, 0.05) is 23.1 Å². The molecule has 1 aliphatic carbocycles. The summed E-state index contributed by atoms with van der Waals surface area (Å²) in [7, 11) is 0. The van der Waals surface area contributed by atoms with Crippen LogP contribution < -0.4 is 5.32 Å². The van der Waals surface area contributed by atoms with Crippen LogP contribution in [-0.4, -0.2) is 39.2 Å². The Bertz CT molecular complexity index is 927. The lowest BCUT2D eigenvalue weighted by Gasteiger charge is -2.34. The second kappa shape index (κ2) is 9.32. The van der Waals surface area contributed by atoms with E-state index < -0.39 is 10.8 Å². The number of halogens is 1. The average molecular weight is 437 g/mol. The number of hydrogen-bond donors (Lipinski definition) is 1. The standard InChI is InChI=1S/C19H21ClN4O4S/c1-12-11-29-19(21-12)22-17(25)10-23(14-5-3-2-4-6-14)18(26)13-7-8-15(20)16(9-13)24(27)28/h7-9,11,14H,2-6,10H2,1H3,(H,21,22,25). The number of nitro groups is 1. The molecule has 3 rings (SSSR count). The summed E-state index contributed by atoms with van der Waals surface area (Å²) in [6.45, 7) is 1.69. The number of rotatable bonds is 6. The van der Waals surface area contributed by atoms with Crippen molar-refractivity contribution in [1.29, 1.82) is 0 Å². The molecule has 0 atom stereocenters. The van der Waals surface area contributed by atoms with E-state index in [1.807, 2.05) is 12.3 Å². The van der Waals surface area contributed by atoms with Crippen LogP contribution >= 0.6 is 22.9 Å². The third-order valence-corrected chi connectivity index (χ3v) is 6.04. The second-order valence-corrected chi connectivity index (χ2v) is 8.26. The van der Waals surface area contributed by atoms with Crippen LogP contribution in [0.1, 0.15) is 48.2 Å². The Kier molecular flexibility index (Phi) is 6.81. The zero-order chi connectivity index (χ0) is 21.0. The minimum Gasteiger partial charge on any atom is -0.326 e. The Morgan fingerprint density at radius 2 is 2.07 bits per heavy atom. The quantitative estimate of drug-likeness (QED) is 0.532. The van der Waals surface area contributed by atoms with Crippen molar-refractivity contribution in [3.63, 3.8) is 0 Å². The van der Waals surface area contributed by atoms with E-state index in [0.29, 0.717) is 5.13 Å². The molecule has 1 aliphatic rings. The van der Waals surface area contributed by atoms with Gasteiger partial charge in [-0.3, -0.25) is 19.7 Å². The van der Waals surface area contributed by atoms with E-state index in [9.17, 15) is 19.7 Å². The van der Waals surface area contributed by atoms with Crippen molar-refractivity contribution in [2.45, 2.75) is 45.1 Å². The number of benzene rings is 1. The number of carbonyl (C=O) groups is 2. The molecule has 1 heterocycles. The number of anilines is 1. The first kappa shape index (κ1) is 21.2. The van der Waals surface area contributed by atoms with Crippen molar-refractivity contribution in [2.24, 2.45) is 0 Å². The number of thiazole rings is 1. The Labute approximate surface area is 177 Å². The molecular weight excluding hydrogens is 416 g/mol. The highest BCUT2D eigenvalue weighted by Crippen LogP contribution is 2.28. The van der Waals surface area contributed by atoms with E-state index in [-0.39, 0.29) is 34.8 Å². The van der Waals surface area contributed by atoms with Crippen LogP contribution in [0.2, 0.25) is 5.02 Å². The fraction of sp³-hybridized carbons (Fsp3) is 0.421. The van der Waals surface area contributed by atoms with Crippen molar-refractivity contribution in [1.82, 2.24) is 9.88 Å². The van der Waals surface area contributed by atoms with Crippen molar-refractivity contribution in [3.05, 3.63) is 50.0 Å².